The topological polar surface area (TPSA) is 69.0 Å². The number of rotatable bonds is 8. The van der Waals surface area contributed by atoms with Crippen LogP contribution in [-0.2, 0) is 17.8 Å². The zero-order valence-electron chi connectivity index (χ0n) is 17.4. The lowest BCUT2D eigenvalue weighted by molar-refractivity contribution is -0.115. The van der Waals surface area contributed by atoms with Crippen molar-refractivity contribution in [3.8, 4) is 5.75 Å². The fraction of sp³-hybridized carbons (Fsp3) is 0.125. The monoisotopic (exact) mass is 464 g/mol. The quantitative estimate of drug-likeness (QED) is 0.382. The molecule has 0 aliphatic heterocycles. The third-order valence-electron chi connectivity index (χ3n) is 4.67. The van der Waals surface area contributed by atoms with Gasteiger partial charge in [-0.05, 0) is 58.8 Å². The molecule has 1 N–H and O–H groups in total. The van der Waals surface area contributed by atoms with Gasteiger partial charge in [-0.15, -0.1) is 5.10 Å². The van der Waals surface area contributed by atoms with Crippen molar-refractivity contribution in [2.75, 3.05) is 12.4 Å². The van der Waals surface area contributed by atoms with Gasteiger partial charge in [0.25, 0.3) is 0 Å². The molecule has 162 valence electrons. The molecule has 3 aromatic carbocycles. The van der Waals surface area contributed by atoms with E-state index in [1.807, 2.05) is 78.9 Å². The van der Waals surface area contributed by atoms with E-state index in [9.17, 15) is 4.79 Å². The van der Waals surface area contributed by atoms with Gasteiger partial charge in [-0.1, -0.05) is 54.6 Å². The van der Waals surface area contributed by atoms with Crippen molar-refractivity contribution in [3.05, 3.63) is 95.3 Å². The number of carbonyl (C=O) groups excluding carboxylic acids is 1. The van der Waals surface area contributed by atoms with Gasteiger partial charge >= 0.3 is 0 Å². The minimum absolute atomic E-state index is 0.105. The van der Waals surface area contributed by atoms with Gasteiger partial charge in [-0.25, -0.2) is 4.68 Å². The Morgan fingerprint density at radius 2 is 1.72 bits per heavy atom. The summed E-state index contributed by atoms with van der Waals surface area (Å²) in [6.07, 6.45) is 0.263. The summed E-state index contributed by atoms with van der Waals surface area (Å²) >= 11 is 7.51. The summed E-state index contributed by atoms with van der Waals surface area (Å²) in [4.78, 5) is 17.9. The van der Waals surface area contributed by atoms with Crippen molar-refractivity contribution in [2.45, 2.75) is 23.0 Å². The smallest absolute Gasteiger partial charge is 0.243 e. The number of nitrogens with one attached hydrogen (secondary N) is 1. The van der Waals surface area contributed by atoms with E-state index in [0.29, 0.717) is 17.4 Å². The van der Waals surface area contributed by atoms with Crippen molar-refractivity contribution in [1.29, 1.82) is 0 Å². The van der Waals surface area contributed by atoms with Crippen LogP contribution in [0.2, 0.25) is 5.28 Å². The number of aromatic nitrogens is 3. The van der Waals surface area contributed by atoms with E-state index >= 15 is 0 Å². The lowest BCUT2D eigenvalue weighted by Gasteiger charge is -2.11. The van der Waals surface area contributed by atoms with Gasteiger partial charge < -0.3 is 10.1 Å². The van der Waals surface area contributed by atoms with Gasteiger partial charge in [-0.3, -0.25) is 4.79 Å². The molecule has 6 nitrogen and oxygen atoms in total. The molecule has 4 rings (SSSR count). The highest BCUT2D eigenvalue weighted by atomic mass is 35.5. The second kappa shape index (κ2) is 10.3. The molecule has 1 heterocycles. The Hall–Kier alpha value is -3.29. The molecule has 1 aromatic heterocycles. The number of methoxy groups -OCH3 is 1. The number of carbonyl (C=O) groups is 1. The summed E-state index contributed by atoms with van der Waals surface area (Å²) < 4.78 is 6.93. The minimum atomic E-state index is -0.105. The summed E-state index contributed by atoms with van der Waals surface area (Å²) in [5, 5.41) is 8.15. The molecule has 4 aromatic rings. The summed E-state index contributed by atoms with van der Waals surface area (Å²) in [6.45, 7) is 0.550. The van der Waals surface area contributed by atoms with E-state index in [1.54, 1.807) is 11.8 Å². The number of para-hydroxylation sites is 1. The number of anilines is 1. The second-order valence-corrected chi connectivity index (χ2v) is 8.33. The number of hydrogen-bond acceptors (Lipinski definition) is 5. The number of nitrogens with zero attached hydrogens (tertiary/aromatic N) is 3. The SMILES string of the molecule is COc1ccc(CC(=O)Nc2ccccc2Sc2nc(Cl)nn2Cc2ccccc2)cc1. The summed E-state index contributed by atoms with van der Waals surface area (Å²) in [6, 6.07) is 25.0. The normalized spacial score (nSPS) is 10.7. The predicted octanol–water partition coefficient (Wildman–Crippen LogP) is 5.32. The van der Waals surface area contributed by atoms with Crippen molar-refractivity contribution >= 4 is 35.0 Å². The molecule has 32 heavy (non-hydrogen) atoms. The highest BCUT2D eigenvalue weighted by molar-refractivity contribution is 7.99. The maximum absolute atomic E-state index is 12.6. The van der Waals surface area contributed by atoms with Gasteiger partial charge in [0, 0.05) is 4.90 Å². The van der Waals surface area contributed by atoms with Crippen LogP contribution in [0.1, 0.15) is 11.1 Å². The molecular formula is C24H21ClN4O2S. The van der Waals surface area contributed by atoms with E-state index in [2.05, 4.69) is 15.4 Å². The highest BCUT2D eigenvalue weighted by Gasteiger charge is 2.14. The molecule has 0 spiro atoms. The molecule has 1 amide bonds. The fourth-order valence-corrected chi connectivity index (χ4v) is 4.25. The van der Waals surface area contributed by atoms with Crippen molar-refractivity contribution in [3.63, 3.8) is 0 Å². The molecule has 0 aliphatic rings. The Balaban J connectivity index is 1.48. The summed E-state index contributed by atoms with van der Waals surface area (Å²) in [5.74, 6) is 0.654. The van der Waals surface area contributed by atoms with Gasteiger partial charge in [0.2, 0.25) is 11.2 Å². The van der Waals surface area contributed by atoms with Gasteiger partial charge in [0.15, 0.2) is 5.16 Å². The van der Waals surface area contributed by atoms with E-state index in [1.165, 1.54) is 11.8 Å². The maximum Gasteiger partial charge on any atom is 0.243 e. The van der Waals surface area contributed by atoms with Crippen LogP contribution in [0.4, 0.5) is 5.69 Å². The highest BCUT2D eigenvalue weighted by Crippen LogP contribution is 2.33. The van der Waals surface area contributed by atoms with Gasteiger partial charge in [-0.2, -0.15) is 4.98 Å². The van der Waals surface area contributed by atoms with E-state index in [4.69, 9.17) is 16.3 Å². The van der Waals surface area contributed by atoms with Gasteiger partial charge in [0.1, 0.15) is 5.75 Å². The zero-order valence-corrected chi connectivity index (χ0v) is 18.9. The van der Waals surface area contributed by atoms with Crippen LogP contribution in [0.3, 0.4) is 0 Å². The molecule has 0 fully saturated rings. The first-order chi connectivity index (χ1) is 15.6. The standard InChI is InChI=1S/C24H21ClN4O2S/c1-31-19-13-11-17(12-14-19)15-22(30)26-20-9-5-6-10-21(20)32-24-27-23(25)28-29(24)16-18-7-3-2-4-8-18/h2-14H,15-16H2,1H3,(H,26,30). The average molecular weight is 465 g/mol. The third kappa shape index (κ3) is 5.69. The first kappa shape index (κ1) is 21.9. The zero-order chi connectivity index (χ0) is 22.3. The molecule has 0 atom stereocenters. The van der Waals surface area contributed by atoms with E-state index in [0.717, 1.165) is 21.8 Å². The molecule has 0 radical (unpaired) electrons. The van der Waals surface area contributed by atoms with Crippen LogP contribution < -0.4 is 10.1 Å². The molecular weight excluding hydrogens is 444 g/mol. The first-order valence-electron chi connectivity index (χ1n) is 9.94. The van der Waals surface area contributed by atoms with Crippen LogP contribution in [0.15, 0.2) is 88.9 Å². The Kier molecular flexibility index (Phi) is 7.09. The third-order valence-corrected chi connectivity index (χ3v) is 5.89. The number of benzene rings is 3. The van der Waals surface area contributed by atoms with Crippen LogP contribution in [-0.4, -0.2) is 27.8 Å². The maximum atomic E-state index is 12.6. The van der Waals surface area contributed by atoms with Crippen molar-refractivity contribution in [2.24, 2.45) is 0 Å². The number of ether oxygens (including phenoxy) is 1. The average Bonchev–Trinajstić information content (AvgIpc) is 3.14. The Labute approximate surface area is 195 Å². The largest absolute Gasteiger partial charge is 0.497 e. The molecule has 0 unspecified atom stereocenters. The lowest BCUT2D eigenvalue weighted by atomic mass is 10.1. The number of amides is 1. The molecule has 0 saturated carbocycles. The van der Waals surface area contributed by atoms with Crippen molar-refractivity contribution in [1.82, 2.24) is 14.8 Å². The number of halogens is 1. The molecule has 0 saturated heterocycles. The van der Waals surface area contributed by atoms with Crippen LogP contribution in [0.25, 0.3) is 0 Å². The molecule has 8 heteroatoms. The van der Waals surface area contributed by atoms with E-state index in [-0.39, 0.29) is 17.6 Å². The minimum Gasteiger partial charge on any atom is -0.497 e. The Morgan fingerprint density at radius 3 is 2.47 bits per heavy atom. The molecule has 0 aliphatic carbocycles. The summed E-state index contributed by atoms with van der Waals surface area (Å²) in [7, 11) is 1.62. The number of hydrogen-bond donors (Lipinski definition) is 1. The fourth-order valence-electron chi connectivity index (χ4n) is 3.12. The van der Waals surface area contributed by atoms with Crippen LogP contribution in [0.5, 0.6) is 5.75 Å². The van der Waals surface area contributed by atoms with Crippen molar-refractivity contribution < 1.29 is 9.53 Å². The lowest BCUT2D eigenvalue weighted by Crippen LogP contribution is -2.15. The Morgan fingerprint density at radius 1 is 1.00 bits per heavy atom. The van der Waals surface area contributed by atoms with Crippen LogP contribution >= 0.6 is 23.4 Å². The molecule has 0 bridgehead atoms. The Bertz CT molecular complexity index is 1200. The second-order valence-electron chi connectivity index (χ2n) is 6.98. The van der Waals surface area contributed by atoms with E-state index < -0.39 is 0 Å². The summed E-state index contributed by atoms with van der Waals surface area (Å²) in [5.41, 5.74) is 2.71. The first-order valence-corrected chi connectivity index (χ1v) is 11.1. The van der Waals surface area contributed by atoms with Gasteiger partial charge in [0.05, 0.1) is 25.8 Å². The van der Waals surface area contributed by atoms with Crippen LogP contribution in [0, 0.1) is 0 Å². The predicted molar refractivity (Wildman–Crippen MR) is 126 cm³/mol.